The zero-order chi connectivity index (χ0) is 17.6. The summed E-state index contributed by atoms with van der Waals surface area (Å²) < 4.78 is 5.42. The number of β-amino-alcohol motifs (C(OH)–C–C–N with tert-alkyl or cyclic N) is 1. The van der Waals surface area contributed by atoms with E-state index in [1.54, 1.807) is 7.11 Å². The topological polar surface area (TPSA) is 44.7 Å². The maximum Gasteiger partial charge on any atom is 0.123 e. The van der Waals surface area contributed by atoms with Gasteiger partial charge in [-0.3, -0.25) is 4.90 Å². The molecule has 0 spiro atoms. The van der Waals surface area contributed by atoms with Crippen molar-refractivity contribution in [1.29, 1.82) is 0 Å². The van der Waals surface area contributed by atoms with Gasteiger partial charge in [0.05, 0.1) is 13.2 Å². The largest absolute Gasteiger partial charge is 0.496 e. The number of para-hydroxylation sites is 1. The molecule has 0 fully saturated rings. The molecule has 2 aromatic rings. The van der Waals surface area contributed by atoms with Gasteiger partial charge in [-0.05, 0) is 30.5 Å². The Morgan fingerprint density at radius 1 is 1.12 bits per heavy atom. The van der Waals surface area contributed by atoms with E-state index in [4.69, 9.17) is 4.74 Å². The van der Waals surface area contributed by atoms with Gasteiger partial charge in [-0.25, -0.2) is 0 Å². The minimum Gasteiger partial charge on any atom is -0.496 e. The summed E-state index contributed by atoms with van der Waals surface area (Å²) in [4.78, 5) is 2.34. The van der Waals surface area contributed by atoms with Crippen molar-refractivity contribution in [2.75, 3.05) is 26.7 Å². The van der Waals surface area contributed by atoms with E-state index in [1.165, 1.54) is 11.1 Å². The number of ether oxygens (including phenoxy) is 1. The van der Waals surface area contributed by atoms with Gasteiger partial charge in [-0.1, -0.05) is 42.5 Å². The molecule has 2 atom stereocenters. The third-order valence-electron chi connectivity index (χ3n) is 4.94. The van der Waals surface area contributed by atoms with E-state index in [-0.39, 0.29) is 12.1 Å². The molecular formula is C21H28N2O2. The Morgan fingerprint density at radius 3 is 2.64 bits per heavy atom. The first-order valence-electron chi connectivity index (χ1n) is 9.01. The van der Waals surface area contributed by atoms with Crippen molar-refractivity contribution < 1.29 is 9.84 Å². The lowest BCUT2D eigenvalue weighted by Crippen LogP contribution is -2.41. The number of rotatable bonds is 7. The summed E-state index contributed by atoms with van der Waals surface area (Å²) in [6, 6.07) is 16.7. The number of aliphatic hydroxyl groups excluding tert-OH is 1. The predicted molar refractivity (Wildman–Crippen MR) is 101 cm³/mol. The van der Waals surface area contributed by atoms with E-state index >= 15 is 0 Å². The van der Waals surface area contributed by atoms with Crippen LogP contribution in [0, 0.1) is 0 Å². The SMILES string of the molecule is COc1ccccc1C(C)NCC(O)CN1CCc2ccccc2C1. The Hall–Kier alpha value is -1.88. The fourth-order valence-corrected chi connectivity index (χ4v) is 3.52. The van der Waals surface area contributed by atoms with Gasteiger partial charge < -0.3 is 15.2 Å². The van der Waals surface area contributed by atoms with Crippen molar-refractivity contribution in [3.8, 4) is 5.75 Å². The number of methoxy groups -OCH3 is 1. The molecule has 2 aromatic carbocycles. The number of hydrogen-bond acceptors (Lipinski definition) is 4. The molecule has 0 aliphatic carbocycles. The molecule has 1 aliphatic heterocycles. The lowest BCUT2D eigenvalue weighted by atomic mass is 10.00. The minimum atomic E-state index is -0.387. The average Bonchev–Trinajstić information content (AvgIpc) is 2.66. The standard InChI is InChI=1S/C21H28N2O2/c1-16(20-9-5-6-10-21(20)25-2)22-13-19(24)15-23-12-11-17-7-3-4-8-18(17)14-23/h3-10,16,19,22,24H,11-15H2,1-2H3. The van der Waals surface area contributed by atoms with Crippen LogP contribution in [0.4, 0.5) is 0 Å². The first-order chi connectivity index (χ1) is 12.2. The summed E-state index contributed by atoms with van der Waals surface area (Å²) in [6.45, 7) is 5.30. The molecule has 0 saturated carbocycles. The molecule has 0 saturated heterocycles. The van der Waals surface area contributed by atoms with Gasteiger partial charge in [0.1, 0.15) is 5.75 Å². The van der Waals surface area contributed by atoms with Gasteiger partial charge in [-0.2, -0.15) is 0 Å². The van der Waals surface area contributed by atoms with E-state index in [9.17, 15) is 5.11 Å². The molecule has 3 rings (SSSR count). The van der Waals surface area contributed by atoms with Crippen LogP contribution in [0.2, 0.25) is 0 Å². The second-order valence-corrected chi connectivity index (χ2v) is 6.78. The van der Waals surface area contributed by atoms with Crippen LogP contribution in [0.3, 0.4) is 0 Å². The van der Waals surface area contributed by atoms with Crippen molar-refractivity contribution >= 4 is 0 Å². The van der Waals surface area contributed by atoms with Crippen LogP contribution in [-0.2, 0) is 13.0 Å². The van der Waals surface area contributed by atoms with Crippen LogP contribution in [0.25, 0.3) is 0 Å². The van der Waals surface area contributed by atoms with Gasteiger partial charge in [0.25, 0.3) is 0 Å². The molecule has 0 aromatic heterocycles. The molecule has 25 heavy (non-hydrogen) atoms. The van der Waals surface area contributed by atoms with Crippen LogP contribution in [0.5, 0.6) is 5.75 Å². The number of hydrogen-bond donors (Lipinski definition) is 2. The second kappa shape index (κ2) is 8.48. The third kappa shape index (κ3) is 4.60. The Labute approximate surface area is 150 Å². The molecule has 4 nitrogen and oxygen atoms in total. The summed E-state index contributed by atoms with van der Waals surface area (Å²) in [5.74, 6) is 0.879. The highest BCUT2D eigenvalue weighted by molar-refractivity contribution is 5.35. The molecule has 4 heteroatoms. The van der Waals surface area contributed by atoms with Crippen LogP contribution in [0.1, 0.15) is 29.7 Å². The van der Waals surface area contributed by atoms with Gasteiger partial charge in [0.15, 0.2) is 0 Å². The van der Waals surface area contributed by atoms with Crippen LogP contribution < -0.4 is 10.1 Å². The van der Waals surface area contributed by atoms with E-state index in [0.717, 1.165) is 30.8 Å². The minimum absolute atomic E-state index is 0.132. The van der Waals surface area contributed by atoms with Gasteiger partial charge in [0, 0.05) is 37.8 Å². The first-order valence-corrected chi connectivity index (χ1v) is 9.01. The molecule has 0 radical (unpaired) electrons. The van der Waals surface area contributed by atoms with E-state index in [1.807, 2.05) is 18.2 Å². The molecular weight excluding hydrogens is 312 g/mol. The summed E-state index contributed by atoms with van der Waals surface area (Å²) >= 11 is 0. The van der Waals surface area contributed by atoms with Crippen molar-refractivity contribution in [3.63, 3.8) is 0 Å². The lowest BCUT2D eigenvalue weighted by molar-refractivity contribution is 0.102. The molecule has 2 N–H and O–H groups in total. The fraction of sp³-hybridized carbons (Fsp3) is 0.429. The Morgan fingerprint density at radius 2 is 1.84 bits per heavy atom. The van der Waals surface area contributed by atoms with Gasteiger partial charge in [-0.15, -0.1) is 0 Å². The number of benzene rings is 2. The average molecular weight is 340 g/mol. The molecule has 134 valence electrons. The van der Waals surface area contributed by atoms with Crippen molar-refractivity contribution in [2.45, 2.75) is 32.0 Å². The second-order valence-electron chi connectivity index (χ2n) is 6.78. The predicted octanol–water partition coefficient (Wildman–Crippen LogP) is 2.77. The number of nitrogens with one attached hydrogen (secondary N) is 1. The molecule has 1 aliphatic rings. The van der Waals surface area contributed by atoms with E-state index in [0.29, 0.717) is 13.1 Å². The molecule has 0 amide bonds. The van der Waals surface area contributed by atoms with E-state index in [2.05, 4.69) is 47.5 Å². The van der Waals surface area contributed by atoms with Crippen LogP contribution in [-0.4, -0.2) is 42.9 Å². The Balaban J connectivity index is 1.49. The monoisotopic (exact) mass is 340 g/mol. The smallest absolute Gasteiger partial charge is 0.123 e. The highest BCUT2D eigenvalue weighted by atomic mass is 16.5. The Bertz CT molecular complexity index is 689. The lowest BCUT2D eigenvalue weighted by Gasteiger charge is -2.30. The number of aliphatic hydroxyl groups is 1. The fourth-order valence-electron chi connectivity index (χ4n) is 3.52. The maximum atomic E-state index is 10.4. The van der Waals surface area contributed by atoms with Crippen molar-refractivity contribution in [2.24, 2.45) is 0 Å². The maximum absolute atomic E-state index is 10.4. The molecule has 1 heterocycles. The number of nitrogens with zero attached hydrogens (tertiary/aromatic N) is 1. The highest BCUT2D eigenvalue weighted by Crippen LogP contribution is 2.24. The third-order valence-corrected chi connectivity index (χ3v) is 4.94. The highest BCUT2D eigenvalue weighted by Gasteiger charge is 2.19. The quantitative estimate of drug-likeness (QED) is 0.813. The summed E-state index contributed by atoms with van der Waals surface area (Å²) in [7, 11) is 1.69. The Kier molecular flexibility index (Phi) is 6.08. The summed E-state index contributed by atoms with van der Waals surface area (Å²) in [5, 5.41) is 13.9. The van der Waals surface area contributed by atoms with Crippen molar-refractivity contribution in [1.82, 2.24) is 10.2 Å². The van der Waals surface area contributed by atoms with Crippen LogP contribution >= 0.6 is 0 Å². The normalized spacial score (nSPS) is 16.9. The first kappa shape index (κ1) is 17.9. The van der Waals surface area contributed by atoms with Crippen LogP contribution in [0.15, 0.2) is 48.5 Å². The van der Waals surface area contributed by atoms with Gasteiger partial charge in [0.2, 0.25) is 0 Å². The molecule has 0 bridgehead atoms. The summed E-state index contributed by atoms with van der Waals surface area (Å²) in [5.41, 5.74) is 3.94. The summed E-state index contributed by atoms with van der Waals surface area (Å²) in [6.07, 6.45) is 0.677. The molecule has 2 unspecified atom stereocenters. The van der Waals surface area contributed by atoms with E-state index < -0.39 is 0 Å². The van der Waals surface area contributed by atoms with Gasteiger partial charge >= 0.3 is 0 Å². The number of fused-ring (bicyclic) bond motifs is 1. The zero-order valence-corrected chi connectivity index (χ0v) is 15.1. The zero-order valence-electron chi connectivity index (χ0n) is 15.1. The van der Waals surface area contributed by atoms with Crippen molar-refractivity contribution in [3.05, 3.63) is 65.2 Å².